The van der Waals surface area contributed by atoms with E-state index in [0.717, 1.165) is 25.7 Å². The van der Waals surface area contributed by atoms with Gasteiger partial charge in [-0.25, -0.2) is 0 Å². The Bertz CT molecular complexity index is 425. The summed E-state index contributed by atoms with van der Waals surface area (Å²) in [4.78, 5) is 12.3. The van der Waals surface area contributed by atoms with Crippen LogP contribution in [0.2, 0.25) is 10.0 Å². The van der Waals surface area contributed by atoms with E-state index in [1.165, 1.54) is 0 Å². The van der Waals surface area contributed by atoms with Gasteiger partial charge in [-0.15, -0.1) is 0 Å². The average molecular weight is 258 g/mol. The van der Waals surface area contributed by atoms with Crippen molar-refractivity contribution in [1.82, 2.24) is 0 Å². The standard InChI is InChI=1S/C12H13Cl2NO/c13-9-5-3-4-8(10(9)14)11(16)12(15)6-1-2-7-12/h3-5H,1-2,6-7,15H2. The van der Waals surface area contributed by atoms with Crippen LogP contribution in [0, 0.1) is 0 Å². The monoisotopic (exact) mass is 257 g/mol. The van der Waals surface area contributed by atoms with Gasteiger partial charge >= 0.3 is 0 Å². The number of ketones is 1. The Morgan fingerprint density at radius 1 is 1.25 bits per heavy atom. The molecular weight excluding hydrogens is 245 g/mol. The number of hydrogen-bond acceptors (Lipinski definition) is 2. The highest BCUT2D eigenvalue weighted by atomic mass is 35.5. The van der Waals surface area contributed by atoms with E-state index in [0.29, 0.717) is 15.6 Å². The van der Waals surface area contributed by atoms with Crippen LogP contribution in [0.4, 0.5) is 0 Å². The van der Waals surface area contributed by atoms with Crippen LogP contribution in [0.5, 0.6) is 0 Å². The Hall–Kier alpha value is -0.570. The molecule has 0 bridgehead atoms. The van der Waals surface area contributed by atoms with Gasteiger partial charge < -0.3 is 5.73 Å². The largest absolute Gasteiger partial charge is 0.319 e. The smallest absolute Gasteiger partial charge is 0.184 e. The van der Waals surface area contributed by atoms with E-state index in [4.69, 9.17) is 28.9 Å². The van der Waals surface area contributed by atoms with Gasteiger partial charge in [0.15, 0.2) is 5.78 Å². The molecule has 1 fully saturated rings. The van der Waals surface area contributed by atoms with Gasteiger partial charge in [-0.05, 0) is 25.0 Å². The fourth-order valence-corrected chi connectivity index (χ4v) is 2.57. The van der Waals surface area contributed by atoms with Crippen molar-refractivity contribution in [1.29, 1.82) is 0 Å². The van der Waals surface area contributed by atoms with Gasteiger partial charge in [-0.2, -0.15) is 0 Å². The van der Waals surface area contributed by atoms with E-state index in [-0.39, 0.29) is 5.78 Å². The SMILES string of the molecule is NC1(C(=O)c2cccc(Cl)c2Cl)CCCC1. The third-order valence-corrected chi connectivity index (χ3v) is 3.96. The molecule has 0 radical (unpaired) electrons. The number of benzene rings is 1. The van der Waals surface area contributed by atoms with E-state index >= 15 is 0 Å². The Morgan fingerprint density at radius 3 is 2.50 bits per heavy atom. The van der Waals surface area contributed by atoms with Crippen LogP contribution < -0.4 is 5.73 Å². The van der Waals surface area contributed by atoms with Crippen molar-refractivity contribution in [2.45, 2.75) is 31.2 Å². The fourth-order valence-electron chi connectivity index (χ4n) is 2.18. The van der Waals surface area contributed by atoms with Crippen molar-refractivity contribution >= 4 is 29.0 Å². The minimum atomic E-state index is -0.742. The molecule has 86 valence electrons. The minimum Gasteiger partial charge on any atom is -0.319 e. The molecule has 0 spiro atoms. The van der Waals surface area contributed by atoms with Crippen molar-refractivity contribution in [2.75, 3.05) is 0 Å². The van der Waals surface area contributed by atoms with Gasteiger partial charge in [0, 0.05) is 5.56 Å². The molecule has 2 nitrogen and oxygen atoms in total. The first-order valence-electron chi connectivity index (χ1n) is 5.32. The number of Topliss-reactive ketones (excluding diaryl/α,β-unsaturated/α-hetero) is 1. The quantitative estimate of drug-likeness (QED) is 0.825. The molecule has 0 unspecified atom stereocenters. The normalized spacial score (nSPS) is 18.7. The van der Waals surface area contributed by atoms with E-state index in [1.54, 1.807) is 18.2 Å². The molecule has 0 aliphatic heterocycles. The summed E-state index contributed by atoms with van der Waals surface area (Å²) >= 11 is 11.9. The summed E-state index contributed by atoms with van der Waals surface area (Å²) in [5.41, 5.74) is 5.80. The first kappa shape index (κ1) is 11.9. The molecule has 1 aromatic rings. The highest BCUT2D eigenvalue weighted by Crippen LogP contribution is 2.34. The number of carbonyl (C=O) groups is 1. The van der Waals surface area contributed by atoms with Crippen LogP contribution in [0.3, 0.4) is 0 Å². The lowest BCUT2D eigenvalue weighted by Gasteiger charge is -2.22. The van der Waals surface area contributed by atoms with Crippen LogP contribution in [-0.4, -0.2) is 11.3 Å². The maximum atomic E-state index is 12.3. The average Bonchev–Trinajstić information content (AvgIpc) is 2.70. The second kappa shape index (κ2) is 4.36. The van der Waals surface area contributed by atoms with E-state index in [1.807, 2.05) is 0 Å². The molecule has 1 saturated carbocycles. The highest BCUT2D eigenvalue weighted by molar-refractivity contribution is 6.44. The lowest BCUT2D eigenvalue weighted by Crippen LogP contribution is -2.45. The van der Waals surface area contributed by atoms with Gasteiger partial charge in [-0.1, -0.05) is 42.1 Å². The zero-order valence-corrected chi connectivity index (χ0v) is 10.3. The van der Waals surface area contributed by atoms with E-state index < -0.39 is 5.54 Å². The number of nitrogens with two attached hydrogens (primary N) is 1. The van der Waals surface area contributed by atoms with Crippen LogP contribution in [0.15, 0.2) is 18.2 Å². The molecule has 0 atom stereocenters. The third kappa shape index (κ3) is 1.97. The van der Waals surface area contributed by atoms with Crippen molar-refractivity contribution in [3.63, 3.8) is 0 Å². The third-order valence-electron chi connectivity index (χ3n) is 3.14. The predicted octanol–water partition coefficient (Wildman–Crippen LogP) is 3.45. The lowest BCUT2D eigenvalue weighted by molar-refractivity contribution is 0.0892. The topological polar surface area (TPSA) is 43.1 Å². The fraction of sp³-hybridized carbons (Fsp3) is 0.417. The van der Waals surface area contributed by atoms with Crippen molar-refractivity contribution < 1.29 is 4.79 Å². The van der Waals surface area contributed by atoms with Crippen LogP contribution in [0.25, 0.3) is 0 Å². The van der Waals surface area contributed by atoms with E-state index in [9.17, 15) is 4.79 Å². The van der Waals surface area contributed by atoms with E-state index in [2.05, 4.69) is 0 Å². The van der Waals surface area contributed by atoms with Gasteiger partial charge in [0.2, 0.25) is 0 Å². The van der Waals surface area contributed by atoms with Crippen LogP contribution in [-0.2, 0) is 0 Å². The lowest BCUT2D eigenvalue weighted by atomic mass is 9.89. The molecule has 2 N–H and O–H groups in total. The Kier molecular flexibility index (Phi) is 3.24. The Morgan fingerprint density at radius 2 is 1.88 bits per heavy atom. The van der Waals surface area contributed by atoms with Gasteiger partial charge in [0.1, 0.15) is 0 Å². The maximum absolute atomic E-state index is 12.3. The van der Waals surface area contributed by atoms with Gasteiger partial charge in [-0.3, -0.25) is 4.79 Å². The summed E-state index contributed by atoms with van der Waals surface area (Å²) in [6, 6.07) is 5.07. The first-order chi connectivity index (χ1) is 7.54. The molecule has 0 saturated heterocycles. The predicted molar refractivity (Wildman–Crippen MR) is 66.2 cm³/mol. The Balaban J connectivity index is 2.37. The van der Waals surface area contributed by atoms with Crippen molar-refractivity contribution in [3.05, 3.63) is 33.8 Å². The zero-order chi connectivity index (χ0) is 11.8. The van der Waals surface area contributed by atoms with Crippen molar-refractivity contribution in [2.24, 2.45) is 5.73 Å². The summed E-state index contributed by atoms with van der Waals surface area (Å²) in [6.07, 6.45) is 3.46. The Labute approximate surface area is 105 Å². The number of halogens is 2. The second-order valence-electron chi connectivity index (χ2n) is 4.29. The van der Waals surface area contributed by atoms with Crippen molar-refractivity contribution in [3.8, 4) is 0 Å². The molecule has 0 heterocycles. The molecule has 1 aromatic carbocycles. The summed E-state index contributed by atoms with van der Waals surface area (Å²) in [6.45, 7) is 0. The molecular formula is C12H13Cl2NO. The number of rotatable bonds is 2. The molecule has 1 aliphatic rings. The molecule has 1 aliphatic carbocycles. The van der Waals surface area contributed by atoms with Crippen LogP contribution in [0.1, 0.15) is 36.0 Å². The summed E-state index contributed by atoms with van der Waals surface area (Å²) < 4.78 is 0. The number of carbonyl (C=O) groups excluding carboxylic acids is 1. The zero-order valence-electron chi connectivity index (χ0n) is 8.80. The molecule has 2 rings (SSSR count). The minimum absolute atomic E-state index is 0.0856. The molecule has 0 amide bonds. The van der Waals surface area contributed by atoms with Gasteiger partial charge in [0.25, 0.3) is 0 Å². The summed E-state index contributed by atoms with van der Waals surface area (Å²) in [5.74, 6) is -0.0856. The number of hydrogen-bond donors (Lipinski definition) is 1. The highest BCUT2D eigenvalue weighted by Gasteiger charge is 2.38. The molecule has 16 heavy (non-hydrogen) atoms. The second-order valence-corrected chi connectivity index (χ2v) is 5.08. The van der Waals surface area contributed by atoms with Gasteiger partial charge in [0.05, 0.1) is 15.6 Å². The summed E-state index contributed by atoms with van der Waals surface area (Å²) in [7, 11) is 0. The molecule has 4 heteroatoms. The van der Waals surface area contributed by atoms with Crippen LogP contribution >= 0.6 is 23.2 Å². The summed E-state index contributed by atoms with van der Waals surface area (Å²) in [5, 5.41) is 0.708. The first-order valence-corrected chi connectivity index (χ1v) is 6.08. The maximum Gasteiger partial charge on any atom is 0.184 e. The molecule has 0 aromatic heterocycles.